The van der Waals surface area contributed by atoms with E-state index in [2.05, 4.69) is 35.8 Å². The standard InChI is InChI=1S/C34H42FN3O3/c1-24-29(23-30(39)40)32(37-20-16-34(2,3)17-21-37)31(33(36-24)38-18-5-4-6-19-38)26-9-13-28(14-10-26)41-22-15-25-7-11-27(35)12-8-25/h7-14H,4-6,15-23H2,1-3H3,(H,39,40). The zero-order chi connectivity index (χ0) is 29.0. The zero-order valence-electron chi connectivity index (χ0n) is 24.6. The van der Waals surface area contributed by atoms with Crippen LogP contribution < -0.4 is 14.5 Å². The number of hydrogen-bond donors (Lipinski definition) is 1. The molecule has 1 N–H and O–H groups in total. The van der Waals surface area contributed by atoms with Gasteiger partial charge in [-0.05, 0) is 79.8 Å². The molecule has 0 radical (unpaired) electrons. The Balaban J connectivity index is 1.51. The highest BCUT2D eigenvalue weighted by atomic mass is 19.1. The first-order chi connectivity index (χ1) is 19.7. The van der Waals surface area contributed by atoms with Gasteiger partial charge in [-0.25, -0.2) is 9.37 Å². The summed E-state index contributed by atoms with van der Waals surface area (Å²) in [6.07, 6.45) is 6.24. The fourth-order valence-corrected chi connectivity index (χ4v) is 6.01. The lowest BCUT2D eigenvalue weighted by molar-refractivity contribution is -0.136. The van der Waals surface area contributed by atoms with Gasteiger partial charge in [0.2, 0.25) is 0 Å². The first-order valence-electron chi connectivity index (χ1n) is 14.9. The van der Waals surface area contributed by atoms with Gasteiger partial charge in [-0.1, -0.05) is 38.1 Å². The van der Waals surface area contributed by atoms with E-state index in [1.165, 1.54) is 18.6 Å². The molecule has 0 spiro atoms. The Morgan fingerprint density at radius 3 is 2.24 bits per heavy atom. The molecule has 0 bridgehead atoms. The molecule has 3 heterocycles. The molecule has 7 heteroatoms. The van der Waals surface area contributed by atoms with Crippen LogP contribution in [0.2, 0.25) is 0 Å². The predicted molar refractivity (Wildman–Crippen MR) is 163 cm³/mol. The third-order valence-corrected chi connectivity index (χ3v) is 8.59. The van der Waals surface area contributed by atoms with Crippen molar-refractivity contribution in [1.82, 2.24) is 4.98 Å². The summed E-state index contributed by atoms with van der Waals surface area (Å²) < 4.78 is 19.3. The van der Waals surface area contributed by atoms with Gasteiger partial charge in [0.15, 0.2) is 0 Å². The molecule has 2 fully saturated rings. The van der Waals surface area contributed by atoms with Gasteiger partial charge in [0.05, 0.1) is 18.7 Å². The molecule has 0 atom stereocenters. The molecule has 2 aliphatic heterocycles. The Hall–Kier alpha value is -3.61. The molecule has 0 aliphatic carbocycles. The van der Waals surface area contributed by atoms with Gasteiger partial charge in [-0.2, -0.15) is 0 Å². The smallest absolute Gasteiger partial charge is 0.307 e. The molecular weight excluding hydrogens is 517 g/mol. The number of aromatic nitrogens is 1. The summed E-state index contributed by atoms with van der Waals surface area (Å²) in [6, 6.07) is 14.6. The number of hydrogen-bond acceptors (Lipinski definition) is 5. The van der Waals surface area contributed by atoms with Gasteiger partial charge >= 0.3 is 5.97 Å². The molecule has 218 valence electrons. The molecule has 2 aliphatic rings. The number of ether oxygens (including phenoxy) is 1. The number of nitrogens with zero attached hydrogens (tertiary/aromatic N) is 3. The van der Waals surface area contributed by atoms with Crippen molar-refractivity contribution < 1.29 is 19.0 Å². The molecule has 1 aromatic heterocycles. The van der Waals surface area contributed by atoms with E-state index in [1.54, 1.807) is 12.1 Å². The lowest BCUT2D eigenvalue weighted by Crippen LogP contribution is -2.39. The molecule has 0 amide bonds. The van der Waals surface area contributed by atoms with E-state index in [-0.39, 0.29) is 17.7 Å². The summed E-state index contributed by atoms with van der Waals surface area (Å²) in [5.74, 6) is 0.651. The van der Waals surface area contributed by atoms with Crippen molar-refractivity contribution in [2.45, 2.75) is 65.7 Å². The van der Waals surface area contributed by atoms with E-state index in [4.69, 9.17) is 9.72 Å². The number of piperidine rings is 2. The van der Waals surface area contributed by atoms with Gasteiger partial charge in [0.25, 0.3) is 0 Å². The summed E-state index contributed by atoms with van der Waals surface area (Å²) in [5, 5.41) is 9.90. The highest BCUT2D eigenvalue weighted by Crippen LogP contribution is 2.45. The average molecular weight is 560 g/mol. The Morgan fingerprint density at radius 2 is 1.61 bits per heavy atom. The van der Waals surface area contributed by atoms with Gasteiger partial charge in [-0.3, -0.25) is 4.79 Å². The van der Waals surface area contributed by atoms with Crippen LogP contribution in [0.15, 0.2) is 48.5 Å². The fraction of sp³-hybridized carbons (Fsp3) is 0.471. The van der Waals surface area contributed by atoms with Crippen LogP contribution in [0.5, 0.6) is 5.75 Å². The molecule has 5 rings (SSSR count). The van der Waals surface area contributed by atoms with Crippen LogP contribution in [-0.4, -0.2) is 48.8 Å². The first kappa shape index (κ1) is 28.9. The predicted octanol–water partition coefficient (Wildman–Crippen LogP) is 7.06. The number of anilines is 2. The maximum atomic E-state index is 13.2. The van der Waals surface area contributed by atoms with Crippen LogP contribution in [-0.2, 0) is 17.6 Å². The van der Waals surface area contributed by atoms with E-state index >= 15 is 0 Å². The van der Waals surface area contributed by atoms with E-state index < -0.39 is 5.97 Å². The number of benzene rings is 2. The number of carboxylic acids is 1. The summed E-state index contributed by atoms with van der Waals surface area (Å²) >= 11 is 0. The van der Waals surface area contributed by atoms with E-state index in [0.717, 1.165) is 97.1 Å². The Morgan fingerprint density at radius 1 is 0.951 bits per heavy atom. The second-order valence-corrected chi connectivity index (χ2v) is 12.2. The minimum atomic E-state index is -0.838. The molecule has 3 aromatic rings. The number of pyridine rings is 1. The van der Waals surface area contributed by atoms with E-state index in [0.29, 0.717) is 13.0 Å². The second-order valence-electron chi connectivity index (χ2n) is 12.2. The van der Waals surface area contributed by atoms with Crippen LogP contribution >= 0.6 is 0 Å². The topological polar surface area (TPSA) is 65.9 Å². The Kier molecular flexibility index (Phi) is 8.81. The molecule has 0 saturated carbocycles. The van der Waals surface area contributed by atoms with Crippen molar-refractivity contribution in [3.63, 3.8) is 0 Å². The number of aryl methyl sites for hydroxylation is 1. The maximum Gasteiger partial charge on any atom is 0.307 e. The Labute approximate surface area is 243 Å². The van der Waals surface area contributed by atoms with Crippen LogP contribution in [0.4, 0.5) is 15.9 Å². The highest BCUT2D eigenvalue weighted by Gasteiger charge is 2.32. The number of carbonyl (C=O) groups is 1. The third-order valence-electron chi connectivity index (χ3n) is 8.59. The van der Waals surface area contributed by atoms with Crippen LogP contribution in [0, 0.1) is 18.2 Å². The quantitative estimate of drug-likeness (QED) is 0.303. The number of rotatable bonds is 9. The number of halogens is 1. The largest absolute Gasteiger partial charge is 0.493 e. The lowest BCUT2D eigenvalue weighted by Gasteiger charge is -2.41. The normalized spacial score (nSPS) is 17.0. The van der Waals surface area contributed by atoms with Crippen molar-refractivity contribution in [1.29, 1.82) is 0 Å². The second kappa shape index (κ2) is 12.5. The molecule has 41 heavy (non-hydrogen) atoms. The molecule has 6 nitrogen and oxygen atoms in total. The van der Waals surface area contributed by atoms with Crippen LogP contribution in [0.3, 0.4) is 0 Å². The Bertz CT molecular complexity index is 1340. The van der Waals surface area contributed by atoms with Gasteiger partial charge in [0, 0.05) is 49.4 Å². The van der Waals surface area contributed by atoms with Crippen LogP contribution in [0.25, 0.3) is 11.1 Å². The molecule has 0 unspecified atom stereocenters. The average Bonchev–Trinajstić information content (AvgIpc) is 2.96. The first-order valence-corrected chi connectivity index (χ1v) is 14.9. The minimum absolute atomic E-state index is 0.0497. The van der Waals surface area contributed by atoms with Crippen molar-refractivity contribution in [2.75, 3.05) is 42.6 Å². The number of aliphatic carboxylic acids is 1. The van der Waals surface area contributed by atoms with Crippen LogP contribution in [0.1, 0.15) is 62.8 Å². The monoisotopic (exact) mass is 559 g/mol. The third kappa shape index (κ3) is 7.00. The minimum Gasteiger partial charge on any atom is -0.493 e. The molecule has 2 aromatic carbocycles. The van der Waals surface area contributed by atoms with Crippen molar-refractivity contribution in [3.8, 4) is 16.9 Å². The lowest BCUT2D eigenvalue weighted by atomic mass is 9.82. The maximum absolute atomic E-state index is 13.2. The van der Waals surface area contributed by atoms with Gasteiger partial charge in [0.1, 0.15) is 17.4 Å². The van der Waals surface area contributed by atoms with E-state index in [1.807, 2.05) is 19.1 Å². The van der Waals surface area contributed by atoms with Crippen molar-refractivity contribution in [3.05, 3.63) is 71.2 Å². The van der Waals surface area contributed by atoms with Gasteiger partial charge in [-0.15, -0.1) is 0 Å². The number of carboxylic acid groups (broad SMARTS) is 1. The fourth-order valence-electron chi connectivity index (χ4n) is 6.01. The molecular formula is C34H42FN3O3. The summed E-state index contributed by atoms with van der Waals surface area (Å²) in [5.41, 5.74) is 6.00. The molecule has 2 saturated heterocycles. The zero-order valence-corrected chi connectivity index (χ0v) is 24.6. The van der Waals surface area contributed by atoms with E-state index in [9.17, 15) is 14.3 Å². The SMILES string of the molecule is Cc1nc(N2CCCCC2)c(-c2ccc(OCCc3ccc(F)cc3)cc2)c(N2CCC(C)(C)CC2)c1CC(=O)O. The summed E-state index contributed by atoms with van der Waals surface area (Å²) in [4.78, 5) is 22.0. The summed E-state index contributed by atoms with van der Waals surface area (Å²) in [7, 11) is 0. The summed E-state index contributed by atoms with van der Waals surface area (Å²) in [6.45, 7) is 10.8. The van der Waals surface area contributed by atoms with Crippen molar-refractivity contribution in [2.24, 2.45) is 5.41 Å². The van der Waals surface area contributed by atoms with Gasteiger partial charge < -0.3 is 19.6 Å². The highest BCUT2D eigenvalue weighted by molar-refractivity contribution is 5.92. The van der Waals surface area contributed by atoms with Crippen molar-refractivity contribution >= 4 is 17.5 Å².